The first-order valence-electron chi connectivity index (χ1n) is 7.69. The number of aromatic nitrogens is 1. The van der Waals surface area contributed by atoms with Gasteiger partial charge in [-0.05, 0) is 60.2 Å². The topological polar surface area (TPSA) is 44.9 Å². The van der Waals surface area contributed by atoms with Crippen molar-refractivity contribution in [2.24, 2.45) is 0 Å². The molecular weight excluding hydrogens is 291 g/mol. The molecule has 0 saturated carbocycles. The minimum atomic E-state index is -0.256. The van der Waals surface area contributed by atoms with Gasteiger partial charge >= 0.3 is 0 Å². The number of hydrogen-bond donors (Lipinski definition) is 2. The zero-order valence-electron chi connectivity index (χ0n) is 13.0. The first kappa shape index (κ1) is 15.3. The smallest absolute Gasteiger partial charge is 0.220 e. The van der Waals surface area contributed by atoms with Crippen LogP contribution in [0.3, 0.4) is 0 Å². The summed E-state index contributed by atoms with van der Waals surface area (Å²) < 4.78 is 12.8. The Balaban J connectivity index is 1.52. The lowest BCUT2D eigenvalue weighted by atomic mass is 10.1. The molecule has 0 aliphatic heterocycles. The largest absolute Gasteiger partial charge is 0.359 e. The first-order valence-corrected chi connectivity index (χ1v) is 7.69. The third-order valence-electron chi connectivity index (χ3n) is 3.86. The van der Waals surface area contributed by atoms with Crippen LogP contribution in [-0.2, 0) is 17.8 Å². The molecule has 0 atom stereocenters. The molecule has 3 nitrogen and oxygen atoms in total. The van der Waals surface area contributed by atoms with Crippen LogP contribution in [-0.4, -0.2) is 10.9 Å². The Labute approximate surface area is 134 Å². The number of carbonyl (C=O) groups excluding carboxylic acids is 1. The van der Waals surface area contributed by atoms with Crippen molar-refractivity contribution in [2.75, 3.05) is 0 Å². The summed E-state index contributed by atoms with van der Waals surface area (Å²) in [7, 11) is 0. The van der Waals surface area contributed by atoms with E-state index in [2.05, 4.69) is 22.4 Å². The van der Waals surface area contributed by atoms with Gasteiger partial charge in [0.2, 0.25) is 5.91 Å². The molecule has 118 valence electrons. The molecule has 2 N–H and O–H groups in total. The molecule has 0 spiro atoms. The van der Waals surface area contributed by atoms with Crippen molar-refractivity contribution in [3.63, 3.8) is 0 Å². The van der Waals surface area contributed by atoms with Gasteiger partial charge in [-0.3, -0.25) is 4.79 Å². The van der Waals surface area contributed by atoms with Gasteiger partial charge in [-0.15, -0.1) is 0 Å². The normalized spacial score (nSPS) is 10.9. The van der Waals surface area contributed by atoms with E-state index in [1.54, 1.807) is 12.1 Å². The zero-order valence-corrected chi connectivity index (χ0v) is 13.0. The van der Waals surface area contributed by atoms with Gasteiger partial charge in [0, 0.05) is 24.2 Å². The van der Waals surface area contributed by atoms with Crippen molar-refractivity contribution < 1.29 is 9.18 Å². The molecule has 23 heavy (non-hydrogen) atoms. The van der Waals surface area contributed by atoms with Gasteiger partial charge in [0.05, 0.1) is 0 Å². The Hall–Kier alpha value is -2.62. The molecule has 2 aromatic carbocycles. The molecular formula is C19H19FN2O. The maximum absolute atomic E-state index is 12.8. The van der Waals surface area contributed by atoms with Gasteiger partial charge in [0.25, 0.3) is 0 Å². The zero-order chi connectivity index (χ0) is 16.2. The summed E-state index contributed by atoms with van der Waals surface area (Å²) in [6, 6.07) is 14.5. The predicted molar refractivity (Wildman–Crippen MR) is 89.6 cm³/mol. The maximum Gasteiger partial charge on any atom is 0.220 e. The number of aryl methyl sites for hydroxylation is 2. The monoisotopic (exact) mass is 310 g/mol. The van der Waals surface area contributed by atoms with E-state index >= 15 is 0 Å². The van der Waals surface area contributed by atoms with E-state index in [-0.39, 0.29) is 11.7 Å². The number of nitrogens with one attached hydrogen (secondary N) is 2. The van der Waals surface area contributed by atoms with Gasteiger partial charge in [-0.1, -0.05) is 18.2 Å². The van der Waals surface area contributed by atoms with Crippen molar-refractivity contribution in [2.45, 2.75) is 26.3 Å². The molecule has 0 saturated heterocycles. The van der Waals surface area contributed by atoms with E-state index < -0.39 is 0 Å². The molecule has 0 radical (unpaired) electrons. The van der Waals surface area contributed by atoms with Crippen LogP contribution in [0.4, 0.5) is 4.39 Å². The number of fused-ring (bicyclic) bond motifs is 1. The Morgan fingerprint density at radius 3 is 2.61 bits per heavy atom. The van der Waals surface area contributed by atoms with Crippen LogP contribution < -0.4 is 5.32 Å². The quantitative estimate of drug-likeness (QED) is 0.738. The lowest BCUT2D eigenvalue weighted by molar-refractivity contribution is -0.121. The second kappa shape index (κ2) is 6.65. The average Bonchev–Trinajstić information content (AvgIpc) is 2.91. The van der Waals surface area contributed by atoms with E-state index in [9.17, 15) is 9.18 Å². The standard InChI is InChI=1S/C19H19FN2O/c1-13-10-16-11-15(4-8-18(16)22-13)12-21-19(23)9-5-14-2-6-17(20)7-3-14/h2-4,6-8,10-11,22H,5,9,12H2,1H3,(H,21,23). The second-order valence-corrected chi connectivity index (χ2v) is 5.78. The van der Waals surface area contributed by atoms with Gasteiger partial charge in [0.1, 0.15) is 5.82 Å². The summed E-state index contributed by atoms with van der Waals surface area (Å²) in [6.07, 6.45) is 1.01. The Morgan fingerprint density at radius 2 is 1.83 bits per heavy atom. The van der Waals surface area contributed by atoms with Crippen LogP contribution in [0.5, 0.6) is 0 Å². The number of amides is 1. The molecule has 4 heteroatoms. The van der Waals surface area contributed by atoms with Crippen LogP contribution in [0.1, 0.15) is 23.2 Å². The molecule has 0 aliphatic carbocycles. The van der Waals surface area contributed by atoms with Crippen LogP contribution in [0.25, 0.3) is 10.9 Å². The van der Waals surface area contributed by atoms with Crippen LogP contribution in [0.15, 0.2) is 48.5 Å². The number of H-pyrrole nitrogens is 1. The number of hydrogen-bond acceptors (Lipinski definition) is 1. The SMILES string of the molecule is Cc1cc2cc(CNC(=O)CCc3ccc(F)cc3)ccc2[nH]1. The third kappa shape index (κ3) is 3.97. The highest BCUT2D eigenvalue weighted by molar-refractivity contribution is 5.81. The summed E-state index contributed by atoms with van der Waals surface area (Å²) in [5, 5.41) is 4.08. The van der Waals surface area contributed by atoms with E-state index in [0.29, 0.717) is 19.4 Å². The highest BCUT2D eigenvalue weighted by atomic mass is 19.1. The minimum Gasteiger partial charge on any atom is -0.359 e. The molecule has 0 unspecified atom stereocenters. The number of rotatable bonds is 5. The fourth-order valence-corrected chi connectivity index (χ4v) is 2.64. The van der Waals surface area contributed by atoms with Crippen molar-refractivity contribution in [1.29, 1.82) is 0 Å². The molecule has 1 amide bonds. The molecule has 0 fully saturated rings. The van der Waals surface area contributed by atoms with E-state index in [1.807, 2.05) is 19.1 Å². The van der Waals surface area contributed by atoms with Crippen LogP contribution in [0.2, 0.25) is 0 Å². The Bertz CT molecular complexity index is 821. The molecule has 1 heterocycles. The van der Waals surface area contributed by atoms with Gasteiger partial charge < -0.3 is 10.3 Å². The Morgan fingerprint density at radius 1 is 1.09 bits per heavy atom. The highest BCUT2D eigenvalue weighted by Crippen LogP contribution is 2.16. The van der Waals surface area contributed by atoms with Gasteiger partial charge in [-0.2, -0.15) is 0 Å². The van der Waals surface area contributed by atoms with Crippen LogP contribution in [0, 0.1) is 12.7 Å². The molecule has 0 bridgehead atoms. The molecule has 0 aliphatic rings. The van der Waals surface area contributed by atoms with E-state index in [1.165, 1.54) is 12.1 Å². The van der Waals surface area contributed by atoms with E-state index in [0.717, 1.165) is 27.7 Å². The van der Waals surface area contributed by atoms with Crippen molar-refractivity contribution in [3.8, 4) is 0 Å². The number of benzene rings is 2. The lowest BCUT2D eigenvalue weighted by Gasteiger charge is -2.06. The number of aromatic amines is 1. The van der Waals surface area contributed by atoms with Crippen molar-refractivity contribution in [1.82, 2.24) is 10.3 Å². The molecule has 1 aromatic heterocycles. The summed E-state index contributed by atoms with van der Waals surface area (Å²) in [5.41, 5.74) is 4.27. The average molecular weight is 310 g/mol. The molecule has 3 rings (SSSR count). The summed E-state index contributed by atoms with van der Waals surface area (Å²) in [4.78, 5) is 15.2. The Kier molecular flexibility index (Phi) is 4.42. The van der Waals surface area contributed by atoms with Crippen molar-refractivity contribution in [3.05, 3.63) is 71.2 Å². The van der Waals surface area contributed by atoms with Crippen molar-refractivity contribution >= 4 is 16.8 Å². The first-order chi connectivity index (χ1) is 11.1. The number of halogens is 1. The lowest BCUT2D eigenvalue weighted by Crippen LogP contribution is -2.22. The van der Waals surface area contributed by atoms with Gasteiger partial charge in [0.15, 0.2) is 0 Å². The fourth-order valence-electron chi connectivity index (χ4n) is 2.64. The minimum absolute atomic E-state index is 0.000305. The second-order valence-electron chi connectivity index (χ2n) is 5.78. The number of carbonyl (C=O) groups is 1. The highest BCUT2D eigenvalue weighted by Gasteiger charge is 2.04. The van der Waals surface area contributed by atoms with Crippen LogP contribution >= 0.6 is 0 Å². The summed E-state index contributed by atoms with van der Waals surface area (Å²) in [6.45, 7) is 2.54. The summed E-state index contributed by atoms with van der Waals surface area (Å²) >= 11 is 0. The predicted octanol–water partition coefficient (Wildman–Crippen LogP) is 3.86. The third-order valence-corrected chi connectivity index (χ3v) is 3.86. The maximum atomic E-state index is 12.8. The van der Waals surface area contributed by atoms with Gasteiger partial charge in [-0.25, -0.2) is 4.39 Å². The summed E-state index contributed by atoms with van der Waals surface area (Å²) in [5.74, 6) is -0.256. The molecule has 3 aromatic rings. The van der Waals surface area contributed by atoms with E-state index in [4.69, 9.17) is 0 Å². The fraction of sp³-hybridized carbons (Fsp3) is 0.211.